The third-order valence-electron chi connectivity index (χ3n) is 3.43. The molecule has 0 fully saturated rings. The third kappa shape index (κ3) is 2.25. The first-order chi connectivity index (χ1) is 10.6. The highest BCUT2D eigenvalue weighted by molar-refractivity contribution is 5.89. The summed E-state index contributed by atoms with van der Waals surface area (Å²) in [5.41, 5.74) is 0.720. The molecule has 1 aliphatic rings. The predicted molar refractivity (Wildman–Crippen MR) is 78.1 cm³/mol. The quantitative estimate of drug-likeness (QED) is 0.534. The van der Waals surface area contributed by atoms with E-state index in [-0.39, 0.29) is 22.6 Å². The van der Waals surface area contributed by atoms with Crippen molar-refractivity contribution in [2.24, 2.45) is 0 Å². The average molecular weight is 297 g/mol. The van der Waals surface area contributed by atoms with Crippen molar-refractivity contribution in [3.05, 3.63) is 75.3 Å². The van der Waals surface area contributed by atoms with Crippen LogP contribution in [-0.4, -0.2) is 16.3 Å². The number of aliphatic hydroxyl groups excluding tert-OH is 1. The Bertz CT molecular complexity index is 782. The summed E-state index contributed by atoms with van der Waals surface area (Å²) in [5.74, 6) is 0.548. The molecule has 2 aromatic rings. The fourth-order valence-electron chi connectivity index (χ4n) is 2.35. The Morgan fingerprint density at radius 1 is 1.18 bits per heavy atom. The van der Waals surface area contributed by atoms with Crippen molar-refractivity contribution >= 4 is 17.7 Å². The van der Waals surface area contributed by atoms with Crippen LogP contribution in [0.5, 0.6) is 5.75 Å². The van der Waals surface area contributed by atoms with E-state index in [2.05, 4.69) is 0 Å². The number of nitro benzene ring substituents is 1. The second-order valence-corrected chi connectivity index (χ2v) is 4.75. The van der Waals surface area contributed by atoms with Crippen molar-refractivity contribution in [1.82, 2.24) is 0 Å². The lowest BCUT2D eigenvalue weighted by Crippen LogP contribution is -2.16. The van der Waals surface area contributed by atoms with E-state index in [1.54, 1.807) is 24.3 Å². The summed E-state index contributed by atoms with van der Waals surface area (Å²) in [5, 5.41) is 21.2. The molecule has 0 aromatic heterocycles. The largest absolute Gasteiger partial charge is 0.456 e. The van der Waals surface area contributed by atoms with Gasteiger partial charge >= 0.3 is 0 Å². The van der Waals surface area contributed by atoms with Crippen molar-refractivity contribution in [1.29, 1.82) is 0 Å². The molecule has 1 atom stereocenters. The highest BCUT2D eigenvalue weighted by Gasteiger charge is 2.30. The van der Waals surface area contributed by atoms with E-state index in [1.165, 1.54) is 18.2 Å². The van der Waals surface area contributed by atoms with Crippen LogP contribution in [0.1, 0.15) is 17.2 Å². The van der Waals surface area contributed by atoms with Crippen LogP contribution in [0.15, 0.2) is 54.1 Å². The molecular formula is C16H11NO5. The predicted octanol–water partition coefficient (Wildman–Crippen LogP) is 2.63. The van der Waals surface area contributed by atoms with E-state index in [0.29, 0.717) is 17.6 Å². The van der Waals surface area contributed by atoms with E-state index in [1.807, 2.05) is 6.07 Å². The van der Waals surface area contributed by atoms with Gasteiger partial charge in [0, 0.05) is 23.3 Å². The molecule has 1 N–H and O–H groups in total. The number of aliphatic hydroxyl groups is 1. The number of ether oxygens (including phenoxy) is 1. The maximum Gasteiger partial charge on any atom is 0.270 e. The van der Waals surface area contributed by atoms with Gasteiger partial charge in [-0.05, 0) is 6.07 Å². The van der Waals surface area contributed by atoms with E-state index in [9.17, 15) is 20.0 Å². The minimum atomic E-state index is -1.27. The molecule has 6 heteroatoms. The lowest BCUT2D eigenvalue weighted by molar-refractivity contribution is -0.385. The fraction of sp³-hybridized carbons (Fsp3) is 0.0625. The minimum absolute atomic E-state index is 0.0409. The molecule has 0 aliphatic carbocycles. The number of aldehydes is 1. The van der Waals surface area contributed by atoms with E-state index >= 15 is 0 Å². The van der Waals surface area contributed by atoms with Crippen LogP contribution >= 0.6 is 0 Å². The molecule has 0 radical (unpaired) electrons. The SMILES string of the molecule is O=CC1=C(c2ccccc2)Oc2ccc([N+](=O)[O-])cc2[C@H]1O. The molecule has 0 bridgehead atoms. The van der Waals surface area contributed by atoms with E-state index < -0.39 is 11.0 Å². The van der Waals surface area contributed by atoms with Gasteiger partial charge < -0.3 is 9.84 Å². The molecule has 0 unspecified atom stereocenters. The Balaban J connectivity index is 2.13. The van der Waals surface area contributed by atoms with Crippen LogP contribution in [0.25, 0.3) is 5.76 Å². The first-order valence-electron chi connectivity index (χ1n) is 6.51. The molecule has 3 rings (SSSR count). The normalized spacial score (nSPS) is 16.7. The highest BCUT2D eigenvalue weighted by Crippen LogP contribution is 2.41. The van der Waals surface area contributed by atoms with Crippen molar-refractivity contribution in [3.63, 3.8) is 0 Å². The summed E-state index contributed by atoms with van der Waals surface area (Å²) in [6.07, 6.45) is -0.759. The smallest absolute Gasteiger partial charge is 0.270 e. The number of carbonyl (C=O) groups is 1. The van der Waals surface area contributed by atoms with Crippen molar-refractivity contribution < 1.29 is 19.6 Å². The van der Waals surface area contributed by atoms with E-state index in [0.717, 1.165) is 0 Å². The van der Waals surface area contributed by atoms with Crippen molar-refractivity contribution in [2.75, 3.05) is 0 Å². The lowest BCUT2D eigenvalue weighted by atomic mass is 9.95. The second kappa shape index (κ2) is 5.42. The third-order valence-corrected chi connectivity index (χ3v) is 3.43. The Hall–Kier alpha value is -2.99. The molecular weight excluding hydrogens is 286 g/mol. The maximum absolute atomic E-state index is 11.4. The van der Waals surface area contributed by atoms with Gasteiger partial charge in [-0.25, -0.2) is 0 Å². The summed E-state index contributed by atoms with van der Waals surface area (Å²) >= 11 is 0. The summed E-state index contributed by atoms with van der Waals surface area (Å²) in [6.45, 7) is 0. The zero-order chi connectivity index (χ0) is 15.7. The van der Waals surface area contributed by atoms with Crippen molar-refractivity contribution in [3.8, 4) is 5.75 Å². The van der Waals surface area contributed by atoms with Crippen LogP contribution in [0.2, 0.25) is 0 Å². The van der Waals surface area contributed by atoms with Crippen LogP contribution in [0.4, 0.5) is 5.69 Å². The van der Waals surface area contributed by atoms with Gasteiger partial charge in [0.15, 0.2) is 6.29 Å². The standard InChI is InChI=1S/C16H11NO5/c18-9-13-15(19)12-8-11(17(20)21)6-7-14(12)22-16(13)10-4-2-1-3-5-10/h1-9,15,19H/t15-/m1/s1. The summed E-state index contributed by atoms with van der Waals surface area (Å²) in [7, 11) is 0. The van der Waals surface area contributed by atoms with Gasteiger partial charge in [-0.15, -0.1) is 0 Å². The van der Waals surface area contributed by atoms with Gasteiger partial charge in [0.05, 0.1) is 10.5 Å². The minimum Gasteiger partial charge on any atom is -0.456 e. The van der Waals surface area contributed by atoms with Crippen LogP contribution in [0, 0.1) is 10.1 Å². The number of hydrogen-bond acceptors (Lipinski definition) is 5. The molecule has 22 heavy (non-hydrogen) atoms. The van der Waals surface area contributed by atoms with Gasteiger partial charge in [0.25, 0.3) is 5.69 Å². The Labute approximate surface area is 125 Å². The van der Waals surface area contributed by atoms with Crippen LogP contribution in [-0.2, 0) is 4.79 Å². The number of rotatable bonds is 3. The number of carbonyl (C=O) groups excluding carboxylic acids is 1. The number of fused-ring (bicyclic) bond motifs is 1. The van der Waals surface area contributed by atoms with Crippen molar-refractivity contribution in [2.45, 2.75) is 6.10 Å². The molecule has 0 amide bonds. The molecule has 110 valence electrons. The molecule has 0 spiro atoms. The van der Waals surface area contributed by atoms with Gasteiger partial charge in [0.2, 0.25) is 0 Å². The zero-order valence-corrected chi connectivity index (χ0v) is 11.3. The lowest BCUT2D eigenvalue weighted by Gasteiger charge is -2.25. The molecule has 1 aliphatic heterocycles. The molecule has 6 nitrogen and oxygen atoms in total. The second-order valence-electron chi connectivity index (χ2n) is 4.75. The van der Waals surface area contributed by atoms with Gasteiger partial charge in [-0.2, -0.15) is 0 Å². The monoisotopic (exact) mass is 297 g/mol. The number of hydrogen-bond donors (Lipinski definition) is 1. The molecule has 0 saturated carbocycles. The first-order valence-corrected chi connectivity index (χ1v) is 6.51. The maximum atomic E-state index is 11.4. The Morgan fingerprint density at radius 2 is 1.91 bits per heavy atom. The van der Waals surface area contributed by atoms with Crippen LogP contribution < -0.4 is 4.74 Å². The number of benzene rings is 2. The molecule has 0 saturated heterocycles. The summed E-state index contributed by atoms with van der Waals surface area (Å²) < 4.78 is 5.69. The van der Waals surface area contributed by atoms with Gasteiger partial charge in [-0.3, -0.25) is 14.9 Å². The highest BCUT2D eigenvalue weighted by atomic mass is 16.6. The summed E-state index contributed by atoms with van der Waals surface area (Å²) in [6, 6.07) is 12.8. The zero-order valence-electron chi connectivity index (χ0n) is 11.3. The number of non-ortho nitro benzene ring substituents is 1. The number of nitro groups is 1. The Morgan fingerprint density at radius 3 is 2.55 bits per heavy atom. The molecule has 2 aromatic carbocycles. The number of nitrogens with zero attached hydrogens (tertiary/aromatic N) is 1. The summed E-state index contributed by atoms with van der Waals surface area (Å²) in [4.78, 5) is 21.6. The van der Waals surface area contributed by atoms with Crippen LogP contribution in [0.3, 0.4) is 0 Å². The van der Waals surface area contributed by atoms with Gasteiger partial charge in [-0.1, -0.05) is 30.3 Å². The Kier molecular flexibility index (Phi) is 3.44. The van der Waals surface area contributed by atoms with Gasteiger partial charge in [0.1, 0.15) is 17.6 Å². The first kappa shape index (κ1) is 14.0. The fourth-order valence-corrected chi connectivity index (χ4v) is 2.35. The van der Waals surface area contributed by atoms with E-state index in [4.69, 9.17) is 4.74 Å². The average Bonchev–Trinajstić information content (AvgIpc) is 2.55. The molecule has 1 heterocycles. The topological polar surface area (TPSA) is 89.7 Å².